The number of nitrogens with two attached hydrogens (primary N) is 1. The number of ether oxygens (including phenoxy) is 1. The summed E-state index contributed by atoms with van der Waals surface area (Å²) in [6.45, 7) is 6.56. The molecule has 1 saturated heterocycles. The maximum atomic E-state index is 12.7. The summed E-state index contributed by atoms with van der Waals surface area (Å²) in [6.07, 6.45) is 3.10. The molecule has 1 heterocycles. The van der Waals surface area contributed by atoms with Crippen molar-refractivity contribution in [2.75, 3.05) is 6.61 Å². The second-order valence-corrected chi connectivity index (χ2v) is 8.83. The summed E-state index contributed by atoms with van der Waals surface area (Å²) in [7, 11) is -3.18. The van der Waals surface area contributed by atoms with Crippen LogP contribution in [0.15, 0.2) is 0 Å². The summed E-state index contributed by atoms with van der Waals surface area (Å²) >= 11 is 0. The molecule has 0 radical (unpaired) electrons. The predicted molar refractivity (Wildman–Crippen MR) is 72.1 cm³/mol. The molecule has 18 heavy (non-hydrogen) atoms. The summed E-state index contributed by atoms with van der Waals surface area (Å²) < 4.78 is 30.9. The Morgan fingerprint density at radius 2 is 1.89 bits per heavy atom. The van der Waals surface area contributed by atoms with Crippen molar-refractivity contribution in [2.24, 2.45) is 11.1 Å². The van der Waals surface area contributed by atoms with E-state index in [-0.39, 0.29) is 22.8 Å². The van der Waals surface area contributed by atoms with E-state index in [9.17, 15) is 8.42 Å². The van der Waals surface area contributed by atoms with Gasteiger partial charge in [0.1, 0.15) is 0 Å². The average Bonchev–Trinajstić information content (AvgIpc) is 2.69. The molecule has 0 bridgehead atoms. The lowest BCUT2D eigenvalue weighted by molar-refractivity contribution is 0.125. The lowest BCUT2D eigenvalue weighted by atomic mass is 9.73. The first-order valence-electron chi connectivity index (χ1n) is 6.87. The lowest BCUT2D eigenvalue weighted by Crippen LogP contribution is -2.55. The third-order valence-electron chi connectivity index (χ3n) is 4.76. The van der Waals surface area contributed by atoms with Gasteiger partial charge >= 0.3 is 0 Å². The summed E-state index contributed by atoms with van der Waals surface area (Å²) in [5.41, 5.74) is 6.15. The van der Waals surface area contributed by atoms with Crippen LogP contribution in [-0.4, -0.2) is 37.7 Å². The topological polar surface area (TPSA) is 69.4 Å². The van der Waals surface area contributed by atoms with Gasteiger partial charge in [-0.15, -0.1) is 0 Å². The van der Waals surface area contributed by atoms with Crippen molar-refractivity contribution in [1.82, 2.24) is 0 Å². The number of hydrogen-bond donors (Lipinski definition) is 1. The van der Waals surface area contributed by atoms with E-state index >= 15 is 0 Å². The standard InChI is InChI=1S/C13H25NO3S/c1-9-10(6-8-17-9)18(15,16)11-5-4-7-13(2,3)12(11)14/h9-12H,4-8,14H2,1-3H3. The zero-order chi connectivity index (χ0) is 13.6. The smallest absolute Gasteiger partial charge is 0.160 e. The van der Waals surface area contributed by atoms with Gasteiger partial charge in [0.25, 0.3) is 0 Å². The van der Waals surface area contributed by atoms with E-state index in [1.165, 1.54) is 0 Å². The van der Waals surface area contributed by atoms with Crippen LogP contribution in [0.3, 0.4) is 0 Å². The Balaban J connectivity index is 2.24. The summed E-state index contributed by atoms with van der Waals surface area (Å²) in [4.78, 5) is 0. The molecular weight excluding hydrogens is 250 g/mol. The van der Waals surface area contributed by atoms with Gasteiger partial charge in [0.05, 0.1) is 16.6 Å². The number of hydrogen-bond acceptors (Lipinski definition) is 4. The van der Waals surface area contributed by atoms with Crippen molar-refractivity contribution in [3.05, 3.63) is 0 Å². The number of sulfone groups is 1. The third-order valence-corrected chi connectivity index (χ3v) is 7.60. The molecule has 4 unspecified atom stereocenters. The maximum absolute atomic E-state index is 12.7. The molecule has 106 valence electrons. The molecule has 5 heteroatoms. The highest BCUT2D eigenvalue weighted by molar-refractivity contribution is 7.92. The fourth-order valence-corrected chi connectivity index (χ4v) is 6.10. The van der Waals surface area contributed by atoms with Gasteiger partial charge in [0.2, 0.25) is 0 Å². The Hall–Kier alpha value is -0.130. The monoisotopic (exact) mass is 275 g/mol. The largest absolute Gasteiger partial charge is 0.377 e. The highest BCUT2D eigenvalue weighted by Crippen LogP contribution is 2.39. The number of rotatable bonds is 2. The van der Waals surface area contributed by atoms with Crippen molar-refractivity contribution in [1.29, 1.82) is 0 Å². The van der Waals surface area contributed by atoms with Gasteiger partial charge in [-0.25, -0.2) is 8.42 Å². The molecule has 0 spiro atoms. The van der Waals surface area contributed by atoms with Crippen LogP contribution in [0, 0.1) is 5.41 Å². The van der Waals surface area contributed by atoms with Crippen LogP contribution in [0.25, 0.3) is 0 Å². The molecule has 1 aliphatic heterocycles. The fourth-order valence-electron chi connectivity index (χ4n) is 3.34. The van der Waals surface area contributed by atoms with Gasteiger partial charge in [-0.1, -0.05) is 20.3 Å². The van der Waals surface area contributed by atoms with Crippen LogP contribution in [0.2, 0.25) is 0 Å². The Bertz CT molecular complexity index is 404. The maximum Gasteiger partial charge on any atom is 0.160 e. The molecule has 1 saturated carbocycles. The Morgan fingerprint density at radius 1 is 1.22 bits per heavy atom. The van der Waals surface area contributed by atoms with Crippen LogP contribution in [-0.2, 0) is 14.6 Å². The molecule has 0 amide bonds. The van der Waals surface area contributed by atoms with Crippen molar-refractivity contribution in [3.63, 3.8) is 0 Å². The fraction of sp³-hybridized carbons (Fsp3) is 1.00. The zero-order valence-electron chi connectivity index (χ0n) is 11.6. The lowest BCUT2D eigenvalue weighted by Gasteiger charge is -2.42. The normalized spacial score (nSPS) is 40.9. The molecule has 0 aromatic carbocycles. The molecule has 2 N–H and O–H groups in total. The highest BCUT2D eigenvalue weighted by atomic mass is 32.2. The van der Waals surface area contributed by atoms with E-state index in [4.69, 9.17) is 10.5 Å². The van der Waals surface area contributed by atoms with Gasteiger partial charge in [-0.3, -0.25) is 0 Å². The zero-order valence-corrected chi connectivity index (χ0v) is 12.4. The molecule has 0 aromatic rings. The van der Waals surface area contributed by atoms with Crippen LogP contribution in [0.5, 0.6) is 0 Å². The molecule has 0 aromatic heterocycles. The van der Waals surface area contributed by atoms with Crippen molar-refractivity contribution in [3.8, 4) is 0 Å². The minimum Gasteiger partial charge on any atom is -0.377 e. The summed E-state index contributed by atoms with van der Waals surface area (Å²) in [6, 6.07) is -0.260. The summed E-state index contributed by atoms with van der Waals surface area (Å²) in [5, 5.41) is -0.752. The van der Waals surface area contributed by atoms with E-state index in [1.807, 2.05) is 6.92 Å². The second-order valence-electron chi connectivity index (χ2n) is 6.44. The van der Waals surface area contributed by atoms with E-state index in [0.29, 0.717) is 19.4 Å². The first-order valence-corrected chi connectivity index (χ1v) is 8.47. The van der Waals surface area contributed by atoms with Crippen molar-refractivity contribution >= 4 is 9.84 Å². The first-order chi connectivity index (χ1) is 8.27. The van der Waals surface area contributed by atoms with E-state index in [1.54, 1.807) is 0 Å². The molecule has 2 fully saturated rings. The van der Waals surface area contributed by atoms with Crippen molar-refractivity contribution in [2.45, 2.75) is 69.1 Å². The van der Waals surface area contributed by atoms with Gasteiger partial charge in [0, 0.05) is 12.6 Å². The van der Waals surface area contributed by atoms with Gasteiger partial charge in [-0.2, -0.15) is 0 Å². The molecular formula is C13H25NO3S. The van der Waals surface area contributed by atoms with Gasteiger partial charge in [-0.05, 0) is 31.6 Å². The SMILES string of the molecule is CC1OCCC1S(=O)(=O)C1CCCC(C)(C)C1N. The highest BCUT2D eigenvalue weighted by Gasteiger charge is 2.48. The van der Waals surface area contributed by atoms with Crippen molar-refractivity contribution < 1.29 is 13.2 Å². The van der Waals surface area contributed by atoms with E-state index in [0.717, 1.165) is 12.8 Å². The third kappa shape index (κ3) is 2.32. The molecule has 4 nitrogen and oxygen atoms in total. The van der Waals surface area contributed by atoms with Crippen LogP contribution >= 0.6 is 0 Å². The summed E-state index contributed by atoms with van der Waals surface area (Å²) in [5.74, 6) is 0. The molecule has 2 aliphatic rings. The second kappa shape index (κ2) is 4.76. The Morgan fingerprint density at radius 3 is 2.44 bits per heavy atom. The minimum absolute atomic E-state index is 0.0846. The van der Waals surface area contributed by atoms with Gasteiger partial charge in [0.15, 0.2) is 9.84 Å². The minimum atomic E-state index is -3.18. The van der Waals surface area contributed by atoms with Gasteiger partial charge < -0.3 is 10.5 Å². The van der Waals surface area contributed by atoms with Crippen LogP contribution in [0.4, 0.5) is 0 Å². The first kappa shape index (κ1) is 14.3. The molecule has 1 aliphatic carbocycles. The predicted octanol–water partition coefficient (Wildman–Crippen LogP) is 1.48. The van der Waals surface area contributed by atoms with Crippen LogP contribution < -0.4 is 5.73 Å². The average molecular weight is 275 g/mol. The van der Waals surface area contributed by atoms with Crippen LogP contribution in [0.1, 0.15) is 46.5 Å². The molecule has 2 rings (SSSR count). The van der Waals surface area contributed by atoms with E-state index < -0.39 is 15.1 Å². The Kier molecular flexibility index (Phi) is 3.78. The molecule has 4 atom stereocenters. The Labute approximate surface area is 110 Å². The quantitative estimate of drug-likeness (QED) is 0.829. The van der Waals surface area contributed by atoms with E-state index in [2.05, 4.69) is 13.8 Å².